The maximum absolute atomic E-state index is 13.4. The molecule has 1 saturated heterocycles. The fraction of sp³-hybridized carbons (Fsp3) is 0.571. The molecule has 2 aliphatic carbocycles. The molecule has 6 nitrogen and oxygen atoms in total. The van der Waals surface area contributed by atoms with Crippen LogP contribution in [0.1, 0.15) is 62.3 Å². The Labute approximate surface area is 163 Å². The van der Waals surface area contributed by atoms with Gasteiger partial charge in [-0.25, -0.2) is 4.39 Å². The second-order valence-electron chi connectivity index (χ2n) is 8.64. The van der Waals surface area contributed by atoms with Crippen molar-refractivity contribution in [3.8, 4) is 0 Å². The zero-order valence-corrected chi connectivity index (χ0v) is 16.0. The number of carbonyl (C=O) groups is 1. The lowest BCUT2D eigenvalue weighted by Gasteiger charge is -2.33. The zero-order chi connectivity index (χ0) is 19.3. The standard InChI is InChI=1S/C21H25FN4O2/c1-13(19(27)26-9-7-21(5-6-21)8-10-26)23-20-25-24-18(28-20)17-12-16(17)14-3-2-4-15(22)11-14/h2-4,11,13,16-17H,5-10,12H2,1H3,(H,23,25)/t13-,16+,17+/m1/s1. The van der Waals surface area contributed by atoms with Crippen LogP contribution < -0.4 is 5.32 Å². The number of aromatic nitrogens is 2. The average Bonchev–Trinajstić information content (AvgIpc) is 3.61. The summed E-state index contributed by atoms with van der Waals surface area (Å²) < 4.78 is 19.2. The lowest BCUT2D eigenvalue weighted by atomic mass is 9.93. The van der Waals surface area contributed by atoms with Gasteiger partial charge in [0.05, 0.1) is 0 Å². The highest BCUT2D eigenvalue weighted by atomic mass is 19.1. The van der Waals surface area contributed by atoms with Gasteiger partial charge in [-0.1, -0.05) is 17.2 Å². The first kappa shape index (κ1) is 17.6. The van der Waals surface area contributed by atoms with Crippen LogP contribution in [0.5, 0.6) is 0 Å². The van der Waals surface area contributed by atoms with Crippen LogP contribution in [-0.4, -0.2) is 40.1 Å². The Kier molecular flexibility index (Phi) is 4.14. The van der Waals surface area contributed by atoms with Gasteiger partial charge in [-0.05, 0) is 68.1 Å². The first-order chi connectivity index (χ1) is 13.5. The summed E-state index contributed by atoms with van der Waals surface area (Å²) in [6, 6.07) is 6.52. The molecule has 7 heteroatoms. The van der Waals surface area contributed by atoms with Gasteiger partial charge in [0.1, 0.15) is 11.9 Å². The van der Waals surface area contributed by atoms with E-state index in [1.165, 1.54) is 18.9 Å². The Morgan fingerprint density at radius 1 is 1.25 bits per heavy atom. The normalized spacial score (nSPS) is 26.1. The number of rotatable bonds is 5. The van der Waals surface area contributed by atoms with Gasteiger partial charge >= 0.3 is 6.01 Å². The Morgan fingerprint density at radius 2 is 2.04 bits per heavy atom. The lowest BCUT2D eigenvalue weighted by Crippen LogP contribution is -2.45. The number of likely N-dealkylation sites (tertiary alicyclic amines) is 1. The van der Waals surface area contributed by atoms with Crippen LogP contribution in [0.3, 0.4) is 0 Å². The van der Waals surface area contributed by atoms with E-state index in [4.69, 9.17) is 4.42 Å². The number of anilines is 1. The molecule has 148 valence electrons. The maximum atomic E-state index is 13.4. The van der Waals surface area contributed by atoms with E-state index in [2.05, 4.69) is 15.5 Å². The van der Waals surface area contributed by atoms with E-state index in [1.54, 1.807) is 12.1 Å². The van der Waals surface area contributed by atoms with Crippen molar-refractivity contribution in [1.82, 2.24) is 15.1 Å². The van der Waals surface area contributed by atoms with Gasteiger partial charge in [-0.2, -0.15) is 0 Å². The second-order valence-corrected chi connectivity index (χ2v) is 8.64. The van der Waals surface area contributed by atoms with Crippen molar-refractivity contribution < 1.29 is 13.6 Å². The number of hydrogen-bond donors (Lipinski definition) is 1. The summed E-state index contributed by atoms with van der Waals surface area (Å²) in [6.07, 6.45) is 5.77. The molecular weight excluding hydrogens is 359 g/mol. The molecule has 3 aliphatic rings. The zero-order valence-electron chi connectivity index (χ0n) is 16.0. The molecule has 5 rings (SSSR count). The highest BCUT2D eigenvalue weighted by Gasteiger charge is 2.46. The molecule has 3 atom stereocenters. The molecule has 2 saturated carbocycles. The molecule has 0 unspecified atom stereocenters. The highest BCUT2D eigenvalue weighted by molar-refractivity contribution is 5.83. The SMILES string of the molecule is C[C@@H](Nc1nnc([C@H]2C[C@H]2c2cccc(F)c2)o1)C(=O)N1CCC2(CC1)CC2. The van der Waals surface area contributed by atoms with Crippen LogP contribution in [0.15, 0.2) is 28.7 Å². The van der Waals surface area contributed by atoms with Crippen molar-refractivity contribution in [2.75, 3.05) is 18.4 Å². The predicted molar refractivity (Wildman–Crippen MR) is 101 cm³/mol. The third kappa shape index (κ3) is 3.38. The second kappa shape index (κ2) is 6.57. The summed E-state index contributed by atoms with van der Waals surface area (Å²) in [6.45, 7) is 3.52. The van der Waals surface area contributed by atoms with Crippen molar-refractivity contribution >= 4 is 11.9 Å². The van der Waals surface area contributed by atoms with E-state index >= 15 is 0 Å². The van der Waals surface area contributed by atoms with Crippen molar-refractivity contribution in [1.29, 1.82) is 0 Å². The summed E-state index contributed by atoms with van der Waals surface area (Å²) in [7, 11) is 0. The Hall–Kier alpha value is -2.44. The Morgan fingerprint density at radius 3 is 2.75 bits per heavy atom. The quantitative estimate of drug-likeness (QED) is 0.851. The van der Waals surface area contributed by atoms with Gasteiger partial charge in [-0.15, -0.1) is 5.10 Å². The molecule has 1 aromatic carbocycles. The van der Waals surface area contributed by atoms with Crippen molar-refractivity contribution in [2.24, 2.45) is 5.41 Å². The highest BCUT2D eigenvalue weighted by Crippen LogP contribution is 2.54. The summed E-state index contributed by atoms with van der Waals surface area (Å²) in [4.78, 5) is 14.6. The molecule has 1 amide bonds. The molecule has 3 fully saturated rings. The van der Waals surface area contributed by atoms with Crippen LogP contribution in [0.25, 0.3) is 0 Å². The van der Waals surface area contributed by atoms with Crippen molar-refractivity contribution in [3.05, 3.63) is 41.5 Å². The summed E-state index contributed by atoms with van der Waals surface area (Å²) in [5.41, 5.74) is 1.51. The Balaban J connectivity index is 1.17. The van der Waals surface area contributed by atoms with Crippen molar-refractivity contribution in [3.63, 3.8) is 0 Å². The molecule has 2 heterocycles. The third-order valence-corrected chi connectivity index (χ3v) is 6.63. The number of hydrogen-bond acceptors (Lipinski definition) is 5. The van der Waals surface area contributed by atoms with E-state index < -0.39 is 6.04 Å². The van der Waals surface area contributed by atoms with E-state index in [0.717, 1.165) is 37.9 Å². The number of carbonyl (C=O) groups excluding carboxylic acids is 1. The molecule has 2 aromatic rings. The summed E-state index contributed by atoms with van der Waals surface area (Å²) in [5.74, 6) is 0.733. The van der Waals surface area contributed by atoms with Crippen LogP contribution in [-0.2, 0) is 4.79 Å². The van der Waals surface area contributed by atoms with Gasteiger partial charge < -0.3 is 14.6 Å². The number of halogens is 1. The molecule has 1 spiro atoms. The lowest BCUT2D eigenvalue weighted by molar-refractivity contribution is -0.133. The van der Waals surface area contributed by atoms with E-state index in [1.807, 2.05) is 17.9 Å². The number of nitrogens with one attached hydrogen (secondary N) is 1. The monoisotopic (exact) mass is 384 g/mol. The van der Waals surface area contributed by atoms with Crippen LogP contribution >= 0.6 is 0 Å². The van der Waals surface area contributed by atoms with E-state index in [-0.39, 0.29) is 29.6 Å². The fourth-order valence-corrected chi connectivity index (χ4v) is 4.42. The minimum absolute atomic E-state index is 0.0827. The largest absolute Gasteiger partial charge is 0.408 e. The van der Waals surface area contributed by atoms with Crippen molar-refractivity contribution in [2.45, 2.75) is 56.9 Å². The van der Waals surface area contributed by atoms with Crippen LogP contribution in [0.4, 0.5) is 10.4 Å². The van der Waals surface area contributed by atoms with Crippen LogP contribution in [0, 0.1) is 11.2 Å². The van der Waals surface area contributed by atoms with E-state index in [9.17, 15) is 9.18 Å². The average molecular weight is 384 g/mol. The van der Waals surface area contributed by atoms with E-state index in [0.29, 0.717) is 11.3 Å². The molecule has 1 N–H and O–H groups in total. The van der Waals surface area contributed by atoms with Gasteiger partial charge in [0.2, 0.25) is 11.8 Å². The number of piperidine rings is 1. The smallest absolute Gasteiger partial charge is 0.316 e. The molecular formula is C21H25FN4O2. The van der Waals surface area contributed by atoms with Gasteiger partial charge in [-0.3, -0.25) is 4.79 Å². The number of amides is 1. The molecule has 1 aromatic heterocycles. The minimum Gasteiger partial charge on any atom is -0.408 e. The van der Waals surface area contributed by atoms with Crippen LogP contribution in [0.2, 0.25) is 0 Å². The fourth-order valence-electron chi connectivity index (χ4n) is 4.42. The number of benzene rings is 1. The first-order valence-corrected chi connectivity index (χ1v) is 10.2. The maximum Gasteiger partial charge on any atom is 0.316 e. The predicted octanol–water partition coefficient (Wildman–Crippen LogP) is 3.68. The van der Waals surface area contributed by atoms with Gasteiger partial charge in [0, 0.05) is 19.0 Å². The van der Waals surface area contributed by atoms with Gasteiger partial charge in [0.25, 0.3) is 0 Å². The summed E-state index contributed by atoms with van der Waals surface area (Å²) in [5, 5.41) is 11.2. The molecule has 1 aliphatic heterocycles. The first-order valence-electron chi connectivity index (χ1n) is 10.2. The molecule has 28 heavy (non-hydrogen) atoms. The summed E-state index contributed by atoms with van der Waals surface area (Å²) >= 11 is 0. The topological polar surface area (TPSA) is 71.3 Å². The third-order valence-electron chi connectivity index (χ3n) is 6.63. The van der Waals surface area contributed by atoms with Gasteiger partial charge in [0.15, 0.2) is 0 Å². The molecule has 0 bridgehead atoms. The Bertz CT molecular complexity index is 884. The molecule has 0 radical (unpaired) electrons. The minimum atomic E-state index is -0.403. The number of nitrogens with zero attached hydrogens (tertiary/aromatic N) is 3.